The Morgan fingerprint density at radius 2 is 2.29 bits per heavy atom. The number of rotatable bonds is 6. The minimum atomic E-state index is -0.539. The molecule has 1 aromatic heterocycles. The minimum Gasteiger partial charge on any atom is -0.464 e. The molecular weight excluding hydrogens is 242 g/mol. The summed E-state index contributed by atoms with van der Waals surface area (Å²) in [5, 5.41) is -0.539. The molecule has 0 aliphatic carbocycles. The van der Waals surface area contributed by atoms with Gasteiger partial charge in [-0.05, 0) is 26.0 Å². The molecule has 0 radical (unpaired) electrons. The molecule has 0 saturated carbocycles. The van der Waals surface area contributed by atoms with E-state index in [1.807, 2.05) is 19.1 Å². The van der Waals surface area contributed by atoms with Crippen molar-refractivity contribution in [1.82, 2.24) is 4.90 Å². The molecule has 1 amide bonds. The average molecular weight is 260 g/mol. The summed E-state index contributed by atoms with van der Waals surface area (Å²) >= 11 is 5.81. The molecule has 1 unspecified atom stereocenters. The number of alkyl halides is 1. The van der Waals surface area contributed by atoms with E-state index in [4.69, 9.17) is 20.8 Å². The maximum absolute atomic E-state index is 11.9. The van der Waals surface area contributed by atoms with E-state index >= 15 is 0 Å². The summed E-state index contributed by atoms with van der Waals surface area (Å²) in [6.45, 7) is 4.94. The summed E-state index contributed by atoms with van der Waals surface area (Å²) in [6.07, 6.45) is 0. The van der Waals surface area contributed by atoms with E-state index in [2.05, 4.69) is 0 Å². The molecule has 4 nitrogen and oxygen atoms in total. The first-order chi connectivity index (χ1) is 8.04. The minimum absolute atomic E-state index is 0.113. The number of nitrogens with zero attached hydrogens (tertiary/aromatic N) is 1. The number of furan rings is 1. The maximum Gasteiger partial charge on any atom is 0.240 e. The standard InChI is InChI=1S/C12H18ClNO3/c1-9-4-5-11(17-9)8-14(6-7-16-3)12(15)10(2)13/h4-5,10H,6-8H2,1-3H3. The number of methoxy groups -OCH3 is 1. The number of amides is 1. The molecule has 0 saturated heterocycles. The van der Waals surface area contributed by atoms with Crippen molar-refractivity contribution in [3.05, 3.63) is 23.7 Å². The fraction of sp³-hybridized carbons (Fsp3) is 0.583. The highest BCUT2D eigenvalue weighted by molar-refractivity contribution is 6.30. The third-order valence-corrected chi connectivity index (χ3v) is 2.55. The van der Waals surface area contributed by atoms with Gasteiger partial charge in [0.25, 0.3) is 0 Å². The van der Waals surface area contributed by atoms with Gasteiger partial charge in [-0.2, -0.15) is 0 Å². The molecule has 1 atom stereocenters. The van der Waals surface area contributed by atoms with E-state index in [9.17, 15) is 4.79 Å². The van der Waals surface area contributed by atoms with Gasteiger partial charge < -0.3 is 14.1 Å². The van der Waals surface area contributed by atoms with E-state index in [1.54, 1.807) is 18.9 Å². The predicted octanol–water partition coefficient (Wildman–Crippen LogP) is 2.19. The Bertz CT molecular complexity index is 362. The summed E-state index contributed by atoms with van der Waals surface area (Å²) in [6, 6.07) is 3.74. The van der Waals surface area contributed by atoms with Crippen LogP contribution in [0.25, 0.3) is 0 Å². The van der Waals surface area contributed by atoms with Gasteiger partial charge in [-0.25, -0.2) is 0 Å². The number of carbonyl (C=O) groups is 1. The normalized spacial score (nSPS) is 12.5. The van der Waals surface area contributed by atoms with Crippen molar-refractivity contribution in [2.75, 3.05) is 20.3 Å². The molecule has 0 spiro atoms. The van der Waals surface area contributed by atoms with E-state index in [0.29, 0.717) is 19.7 Å². The summed E-state index contributed by atoms with van der Waals surface area (Å²) in [4.78, 5) is 13.5. The van der Waals surface area contributed by atoms with Crippen LogP contribution in [-0.2, 0) is 16.1 Å². The Labute approximate surface area is 106 Å². The zero-order chi connectivity index (χ0) is 12.8. The number of hydrogen-bond acceptors (Lipinski definition) is 3. The van der Waals surface area contributed by atoms with Crippen LogP contribution in [0.4, 0.5) is 0 Å². The first-order valence-electron chi connectivity index (χ1n) is 5.51. The summed E-state index contributed by atoms with van der Waals surface area (Å²) in [5.74, 6) is 1.47. The van der Waals surface area contributed by atoms with Crippen molar-refractivity contribution >= 4 is 17.5 Å². The molecule has 0 bridgehead atoms. The zero-order valence-electron chi connectivity index (χ0n) is 10.4. The number of hydrogen-bond donors (Lipinski definition) is 0. The van der Waals surface area contributed by atoms with Crippen molar-refractivity contribution in [2.24, 2.45) is 0 Å². The largest absolute Gasteiger partial charge is 0.464 e. The van der Waals surface area contributed by atoms with Gasteiger partial charge in [-0.3, -0.25) is 4.79 Å². The van der Waals surface area contributed by atoms with Crippen LogP contribution in [0.5, 0.6) is 0 Å². The molecule has 1 rings (SSSR count). The first-order valence-corrected chi connectivity index (χ1v) is 5.95. The van der Waals surface area contributed by atoms with Crippen LogP contribution in [0, 0.1) is 6.92 Å². The third kappa shape index (κ3) is 4.40. The van der Waals surface area contributed by atoms with Gasteiger partial charge in [0.05, 0.1) is 13.2 Å². The predicted molar refractivity (Wildman–Crippen MR) is 66.1 cm³/mol. The molecule has 17 heavy (non-hydrogen) atoms. The average Bonchev–Trinajstić information content (AvgIpc) is 2.69. The molecule has 1 heterocycles. The molecule has 1 aromatic rings. The quantitative estimate of drug-likeness (QED) is 0.736. The van der Waals surface area contributed by atoms with E-state index < -0.39 is 5.38 Å². The molecule has 0 N–H and O–H groups in total. The van der Waals surface area contributed by atoms with Gasteiger partial charge in [0.2, 0.25) is 5.91 Å². The van der Waals surface area contributed by atoms with Crippen molar-refractivity contribution in [3.8, 4) is 0 Å². The summed E-state index contributed by atoms with van der Waals surface area (Å²) in [5.41, 5.74) is 0. The van der Waals surface area contributed by atoms with Gasteiger partial charge in [0.15, 0.2) is 0 Å². The Kier molecular flexibility index (Phi) is 5.51. The van der Waals surface area contributed by atoms with Gasteiger partial charge in [-0.1, -0.05) is 0 Å². The van der Waals surface area contributed by atoms with E-state index in [-0.39, 0.29) is 5.91 Å². The molecular formula is C12H18ClNO3. The van der Waals surface area contributed by atoms with E-state index in [0.717, 1.165) is 11.5 Å². The van der Waals surface area contributed by atoms with Crippen molar-refractivity contribution in [2.45, 2.75) is 25.8 Å². The summed E-state index contributed by atoms with van der Waals surface area (Å²) < 4.78 is 10.4. The SMILES string of the molecule is COCCN(Cc1ccc(C)o1)C(=O)C(C)Cl. The number of halogens is 1. The third-order valence-electron chi connectivity index (χ3n) is 2.36. The lowest BCUT2D eigenvalue weighted by Gasteiger charge is -2.22. The molecule has 5 heteroatoms. The number of aryl methyl sites for hydroxylation is 1. The highest BCUT2D eigenvalue weighted by Gasteiger charge is 2.19. The smallest absolute Gasteiger partial charge is 0.240 e. The number of ether oxygens (including phenoxy) is 1. The van der Waals surface area contributed by atoms with Crippen LogP contribution in [0.1, 0.15) is 18.4 Å². The molecule has 0 aliphatic heterocycles. The van der Waals surface area contributed by atoms with Crippen molar-refractivity contribution < 1.29 is 13.9 Å². The highest BCUT2D eigenvalue weighted by Crippen LogP contribution is 2.11. The van der Waals surface area contributed by atoms with Gasteiger partial charge in [0, 0.05) is 13.7 Å². The van der Waals surface area contributed by atoms with Crippen molar-refractivity contribution in [3.63, 3.8) is 0 Å². The summed E-state index contributed by atoms with van der Waals surface area (Å²) in [7, 11) is 1.60. The second-order valence-corrected chi connectivity index (χ2v) is 4.54. The second-order valence-electron chi connectivity index (χ2n) is 3.88. The Morgan fingerprint density at radius 1 is 1.59 bits per heavy atom. The van der Waals surface area contributed by atoms with Crippen LogP contribution < -0.4 is 0 Å². The Hall–Kier alpha value is -1.000. The lowest BCUT2D eigenvalue weighted by Crippen LogP contribution is -2.37. The lowest BCUT2D eigenvalue weighted by molar-refractivity contribution is -0.132. The number of carbonyl (C=O) groups excluding carboxylic acids is 1. The lowest BCUT2D eigenvalue weighted by atomic mass is 10.3. The molecule has 96 valence electrons. The second kappa shape index (κ2) is 6.67. The topological polar surface area (TPSA) is 42.7 Å². The highest BCUT2D eigenvalue weighted by atomic mass is 35.5. The van der Waals surface area contributed by atoms with Crippen molar-refractivity contribution in [1.29, 1.82) is 0 Å². The van der Waals surface area contributed by atoms with Crippen LogP contribution in [0.3, 0.4) is 0 Å². The van der Waals surface area contributed by atoms with Gasteiger partial charge in [-0.15, -0.1) is 11.6 Å². The molecule has 0 aliphatic rings. The fourth-order valence-electron chi connectivity index (χ4n) is 1.48. The zero-order valence-corrected chi connectivity index (χ0v) is 11.2. The Morgan fingerprint density at radius 3 is 2.76 bits per heavy atom. The van der Waals surface area contributed by atoms with Crippen LogP contribution in [0.2, 0.25) is 0 Å². The monoisotopic (exact) mass is 259 g/mol. The fourth-order valence-corrected chi connectivity index (χ4v) is 1.62. The van der Waals surface area contributed by atoms with Gasteiger partial charge >= 0.3 is 0 Å². The maximum atomic E-state index is 11.9. The van der Waals surface area contributed by atoms with E-state index in [1.165, 1.54) is 0 Å². The molecule has 0 fully saturated rings. The van der Waals surface area contributed by atoms with Crippen LogP contribution >= 0.6 is 11.6 Å². The molecule has 0 aromatic carbocycles. The Balaban J connectivity index is 2.66. The van der Waals surface area contributed by atoms with Gasteiger partial charge in [0.1, 0.15) is 16.9 Å². The van der Waals surface area contributed by atoms with Crippen LogP contribution in [0.15, 0.2) is 16.5 Å². The van der Waals surface area contributed by atoms with Crippen LogP contribution in [-0.4, -0.2) is 36.4 Å². The first kappa shape index (κ1) is 14.1.